The Bertz CT molecular complexity index is 532. The van der Waals surface area contributed by atoms with Gasteiger partial charge in [0.15, 0.2) is 0 Å². The van der Waals surface area contributed by atoms with Crippen LogP contribution in [0.15, 0.2) is 29.4 Å². The van der Waals surface area contributed by atoms with Gasteiger partial charge in [0, 0.05) is 31.0 Å². The van der Waals surface area contributed by atoms with Crippen LogP contribution in [0.25, 0.3) is 0 Å². The van der Waals surface area contributed by atoms with Crippen LogP contribution in [0, 0.1) is 0 Å². The van der Waals surface area contributed by atoms with Crippen molar-refractivity contribution in [3.05, 3.63) is 24.5 Å². The summed E-state index contributed by atoms with van der Waals surface area (Å²) < 4.78 is 27.4. The van der Waals surface area contributed by atoms with E-state index in [2.05, 4.69) is 14.6 Å². The van der Waals surface area contributed by atoms with Crippen molar-refractivity contribution >= 4 is 10.0 Å². The Morgan fingerprint density at radius 3 is 2.95 bits per heavy atom. The van der Waals surface area contributed by atoms with Crippen LogP contribution >= 0.6 is 0 Å². The van der Waals surface area contributed by atoms with E-state index in [4.69, 9.17) is 0 Å². The van der Waals surface area contributed by atoms with Gasteiger partial charge in [-0.05, 0) is 37.9 Å². The molecule has 2 saturated heterocycles. The van der Waals surface area contributed by atoms with Gasteiger partial charge in [0.05, 0.1) is 0 Å². The minimum absolute atomic E-state index is 0.0468. The van der Waals surface area contributed by atoms with Gasteiger partial charge < -0.3 is 0 Å². The van der Waals surface area contributed by atoms with Gasteiger partial charge in [-0.2, -0.15) is 0 Å². The lowest BCUT2D eigenvalue weighted by Gasteiger charge is -2.32. The van der Waals surface area contributed by atoms with E-state index in [1.165, 1.54) is 19.0 Å². The fourth-order valence-corrected chi connectivity index (χ4v) is 4.43. The molecule has 2 aliphatic rings. The number of hydrogen-bond acceptors (Lipinski definition) is 4. The van der Waals surface area contributed by atoms with Crippen LogP contribution in [0.2, 0.25) is 0 Å². The quantitative estimate of drug-likeness (QED) is 0.897. The summed E-state index contributed by atoms with van der Waals surface area (Å²) in [5.41, 5.74) is 0. The molecule has 0 bridgehead atoms. The van der Waals surface area contributed by atoms with Gasteiger partial charge in [-0.3, -0.25) is 9.88 Å². The lowest BCUT2D eigenvalue weighted by molar-refractivity contribution is 0.186. The third kappa shape index (κ3) is 2.66. The summed E-state index contributed by atoms with van der Waals surface area (Å²) in [5, 5.41) is 0. The molecule has 0 aliphatic carbocycles. The predicted molar refractivity (Wildman–Crippen MR) is 72.2 cm³/mol. The van der Waals surface area contributed by atoms with Gasteiger partial charge >= 0.3 is 0 Å². The molecule has 0 spiro atoms. The SMILES string of the molecule is O=S(=O)(NC1CCN2CCCCC12)c1cccnc1. The number of nitrogens with one attached hydrogen (secondary N) is 1. The number of fused-ring (bicyclic) bond motifs is 1. The number of rotatable bonds is 3. The molecule has 1 aromatic rings. The van der Waals surface area contributed by atoms with Gasteiger partial charge in [0.25, 0.3) is 0 Å². The Hall–Kier alpha value is -0.980. The smallest absolute Gasteiger partial charge is 0.242 e. The summed E-state index contributed by atoms with van der Waals surface area (Å²) in [5.74, 6) is 0. The van der Waals surface area contributed by atoms with Crippen LogP contribution < -0.4 is 4.72 Å². The second-order valence-corrected chi connectivity index (χ2v) is 7.02. The monoisotopic (exact) mass is 281 g/mol. The fraction of sp³-hybridized carbons (Fsp3) is 0.615. The van der Waals surface area contributed by atoms with E-state index in [-0.39, 0.29) is 10.9 Å². The van der Waals surface area contributed by atoms with Crippen molar-refractivity contribution in [2.45, 2.75) is 42.7 Å². The minimum Gasteiger partial charge on any atom is -0.299 e. The summed E-state index contributed by atoms with van der Waals surface area (Å²) in [6.07, 6.45) is 7.42. The van der Waals surface area contributed by atoms with E-state index in [0.717, 1.165) is 25.9 Å². The Labute approximate surface area is 114 Å². The van der Waals surface area contributed by atoms with Crippen molar-refractivity contribution in [1.29, 1.82) is 0 Å². The lowest BCUT2D eigenvalue weighted by atomic mass is 10.00. The molecule has 0 radical (unpaired) electrons. The molecule has 6 heteroatoms. The van der Waals surface area contributed by atoms with Crippen LogP contribution in [0.3, 0.4) is 0 Å². The maximum atomic E-state index is 12.3. The molecule has 0 aromatic carbocycles. The Morgan fingerprint density at radius 2 is 2.16 bits per heavy atom. The Kier molecular flexibility index (Phi) is 3.56. The highest BCUT2D eigenvalue weighted by Crippen LogP contribution is 2.28. The summed E-state index contributed by atoms with van der Waals surface area (Å²) in [6, 6.07) is 3.66. The molecule has 1 N–H and O–H groups in total. The summed E-state index contributed by atoms with van der Waals surface area (Å²) in [4.78, 5) is 6.55. The van der Waals surface area contributed by atoms with Gasteiger partial charge in [0.2, 0.25) is 10.0 Å². The molecule has 0 saturated carbocycles. The third-order valence-corrected chi connectivity index (χ3v) is 5.58. The molecule has 104 valence electrons. The van der Waals surface area contributed by atoms with E-state index in [9.17, 15) is 8.42 Å². The van der Waals surface area contributed by atoms with E-state index >= 15 is 0 Å². The topological polar surface area (TPSA) is 62.3 Å². The highest BCUT2D eigenvalue weighted by atomic mass is 32.2. The Balaban J connectivity index is 1.75. The van der Waals surface area contributed by atoms with Gasteiger partial charge in [-0.1, -0.05) is 6.42 Å². The number of hydrogen-bond donors (Lipinski definition) is 1. The zero-order chi connectivity index (χ0) is 13.3. The highest BCUT2D eigenvalue weighted by molar-refractivity contribution is 7.89. The molecule has 2 aliphatic heterocycles. The normalized spacial score (nSPS) is 28.2. The standard InChI is InChI=1S/C13H19N3O2S/c17-19(18,11-4-3-7-14-10-11)15-12-6-9-16-8-2-1-5-13(12)16/h3-4,7,10,12-13,15H,1-2,5-6,8-9H2. The summed E-state index contributed by atoms with van der Waals surface area (Å²) >= 11 is 0. The molecule has 0 amide bonds. The van der Waals surface area contributed by atoms with E-state index in [1.54, 1.807) is 18.3 Å². The van der Waals surface area contributed by atoms with Crippen LogP contribution in [0.5, 0.6) is 0 Å². The average molecular weight is 281 g/mol. The number of pyridine rings is 1. The molecule has 5 nitrogen and oxygen atoms in total. The van der Waals surface area contributed by atoms with Crippen molar-refractivity contribution in [2.75, 3.05) is 13.1 Å². The van der Waals surface area contributed by atoms with Crippen molar-refractivity contribution in [2.24, 2.45) is 0 Å². The van der Waals surface area contributed by atoms with E-state index in [0.29, 0.717) is 6.04 Å². The van der Waals surface area contributed by atoms with Gasteiger partial charge in [0.1, 0.15) is 4.90 Å². The Morgan fingerprint density at radius 1 is 1.26 bits per heavy atom. The zero-order valence-corrected chi connectivity index (χ0v) is 11.6. The maximum Gasteiger partial charge on any atom is 0.242 e. The second-order valence-electron chi connectivity index (χ2n) is 5.30. The molecular formula is C13H19N3O2S. The average Bonchev–Trinajstić information content (AvgIpc) is 2.83. The predicted octanol–water partition coefficient (Wildman–Crippen LogP) is 0.987. The van der Waals surface area contributed by atoms with Gasteiger partial charge in [-0.15, -0.1) is 0 Å². The molecular weight excluding hydrogens is 262 g/mol. The van der Waals surface area contributed by atoms with E-state index < -0.39 is 10.0 Å². The molecule has 1 aromatic heterocycles. The first-order valence-electron chi connectivity index (χ1n) is 6.83. The van der Waals surface area contributed by atoms with Crippen molar-refractivity contribution < 1.29 is 8.42 Å². The first-order valence-corrected chi connectivity index (χ1v) is 8.31. The van der Waals surface area contributed by atoms with Crippen LogP contribution in [0.1, 0.15) is 25.7 Å². The third-order valence-electron chi connectivity index (χ3n) is 4.11. The lowest BCUT2D eigenvalue weighted by Crippen LogP contribution is -2.46. The first kappa shape index (κ1) is 13.0. The molecule has 19 heavy (non-hydrogen) atoms. The maximum absolute atomic E-state index is 12.3. The van der Waals surface area contributed by atoms with Gasteiger partial charge in [-0.25, -0.2) is 13.1 Å². The second kappa shape index (κ2) is 5.19. The van der Waals surface area contributed by atoms with Crippen LogP contribution in [-0.2, 0) is 10.0 Å². The number of piperidine rings is 1. The fourth-order valence-electron chi connectivity index (χ4n) is 3.16. The molecule has 3 rings (SSSR count). The van der Waals surface area contributed by atoms with E-state index in [1.807, 2.05) is 0 Å². The molecule has 2 atom stereocenters. The zero-order valence-electron chi connectivity index (χ0n) is 10.8. The number of aromatic nitrogens is 1. The summed E-state index contributed by atoms with van der Waals surface area (Å²) in [7, 11) is -3.43. The minimum atomic E-state index is -3.43. The number of sulfonamides is 1. The summed E-state index contributed by atoms with van der Waals surface area (Å²) in [6.45, 7) is 2.11. The van der Waals surface area contributed by atoms with Crippen LogP contribution in [0.4, 0.5) is 0 Å². The largest absolute Gasteiger partial charge is 0.299 e. The van der Waals surface area contributed by atoms with Crippen molar-refractivity contribution in [1.82, 2.24) is 14.6 Å². The first-order chi connectivity index (χ1) is 9.17. The number of nitrogens with zero attached hydrogens (tertiary/aromatic N) is 2. The van der Waals surface area contributed by atoms with Crippen molar-refractivity contribution in [3.63, 3.8) is 0 Å². The van der Waals surface area contributed by atoms with Crippen molar-refractivity contribution in [3.8, 4) is 0 Å². The highest BCUT2D eigenvalue weighted by Gasteiger charge is 2.37. The molecule has 3 heterocycles. The molecule has 2 unspecified atom stereocenters. The molecule has 2 fully saturated rings. The van der Waals surface area contributed by atoms with Crippen LogP contribution in [-0.4, -0.2) is 43.5 Å².